The van der Waals surface area contributed by atoms with E-state index in [1.54, 1.807) is 19.1 Å². The van der Waals surface area contributed by atoms with E-state index in [-0.39, 0.29) is 0 Å². The minimum Gasteiger partial charge on any atom is -0.465 e. The Hall–Kier alpha value is -1.16. The monoisotopic (exact) mass is 226 g/mol. The van der Waals surface area contributed by atoms with Crippen LogP contribution in [0.4, 0.5) is 0 Å². The molecule has 0 fully saturated rings. The fraction of sp³-hybridized carbons (Fsp3) is 0.364. The molecule has 3 nitrogen and oxygen atoms in total. The molecular formula is C11H14O3S. The summed E-state index contributed by atoms with van der Waals surface area (Å²) in [5.41, 5.74) is 0.733. The molecule has 0 spiro atoms. The van der Waals surface area contributed by atoms with Crippen molar-refractivity contribution in [3.63, 3.8) is 0 Å². The first-order valence-corrected chi connectivity index (χ1v) is 6.32. The molecule has 0 saturated heterocycles. The van der Waals surface area contributed by atoms with Gasteiger partial charge < -0.3 is 4.74 Å². The van der Waals surface area contributed by atoms with E-state index < -0.39 is 22.0 Å². The molecule has 0 saturated carbocycles. The fourth-order valence-corrected chi connectivity index (χ4v) is 2.19. The van der Waals surface area contributed by atoms with Crippen LogP contribution in [0.15, 0.2) is 30.3 Å². The summed E-state index contributed by atoms with van der Waals surface area (Å²) < 4.78 is 16.4. The van der Waals surface area contributed by atoms with Crippen LogP contribution in [0.3, 0.4) is 0 Å². The van der Waals surface area contributed by atoms with Crippen molar-refractivity contribution in [3.05, 3.63) is 35.9 Å². The Bertz CT molecular complexity index is 348. The first-order chi connectivity index (χ1) is 7.16. The number of hydrogen-bond acceptors (Lipinski definition) is 3. The van der Waals surface area contributed by atoms with E-state index in [9.17, 15) is 9.00 Å². The highest BCUT2D eigenvalue weighted by molar-refractivity contribution is 7.85. The lowest BCUT2D eigenvalue weighted by atomic mass is 10.1. The summed E-state index contributed by atoms with van der Waals surface area (Å²) in [6.07, 6.45) is 1.51. The van der Waals surface area contributed by atoms with Crippen LogP contribution in [0.25, 0.3) is 0 Å². The molecule has 4 heteroatoms. The van der Waals surface area contributed by atoms with Crippen molar-refractivity contribution in [1.29, 1.82) is 0 Å². The molecule has 0 aliphatic carbocycles. The highest BCUT2D eigenvalue weighted by atomic mass is 32.2. The minimum atomic E-state index is -1.26. The Morgan fingerprint density at radius 3 is 2.47 bits per heavy atom. The van der Waals surface area contributed by atoms with Crippen molar-refractivity contribution in [3.8, 4) is 0 Å². The van der Waals surface area contributed by atoms with Crippen molar-refractivity contribution in [2.24, 2.45) is 0 Å². The summed E-state index contributed by atoms with van der Waals surface area (Å²) in [7, 11) is -1.26. The summed E-state index contributed by atoms with van der Waals surface area (Å²) >= 11 is 0. The smallest absolute Gasteiger partial charge is 0.326 e. The van der Waals surface area contributed by atoms with Crippen LogP contribution in [0.5, 0.6) is 0 Å². The number of ether oxygens (including phenoxy) is 1. The molecule has 1 aromatic carbocycles. The second-order valence-corrected chi connectivity index (χ2v) is 4.51. The third-order valence-corrected chi connectivity index (χ3v) is 3.06. The van der Waals surface area contributed by atoms with Gasteiger partial charge in [0.05, 0.1) is 6.61 Å². The summed E-state index contributed by atoms with van der Waals surface area (Å²) in [6.45, 7) is 2.04. The normalized spacial score (nSPS) is 14.3. The van der Waals surface area contributed by atoms with Crippen molar-refractivity contribution in [2.75, 3.05) is 12.9 Å². The maximum atomic E-state index is 11.6. The fourth-order valence-electron chi connectivity index (χ4n) is 1.31. The summed E-state index contributed by atoms with van der Waals surface area (Å²) in [6, 6.07) is 9.04. The molecule has 2 atom stereocenters. The van der Waals surface area contributed by atoms with Crippen LogP contribution in [-0.4, -0.2) is 23.0 Å². The third-order valence-electron chi connectivity index (χ3n) is 1.93. The first kappa shape index (κ1) is 11.9. The van der Waals surface area contributed by atoms with Crippen LogP contribution >= 0.6 is 0 Å². The highest BCUT2D eigenvalue weighted by Crippen LogP contribution is 2.20. The maximum Gasteiger partial charge on any atom is 0.326 e. The Kier molecular flexibility index (Phi) is 4.49. The summed E-state index contributed by atoms with van der Waals surface area (Å²) in [5, 5.41) is -0.675. The van der Waals surface area contributed by atoms with E-state index in [1.165, 1.54) is 6.26 Å². The number of benzene rings is 1. The van der Waals surface area contributed by atoms with Gasteiger partial charge >= 0.3 is 5.97 Å². The molecule has 0 bridgehead atoms. The van der Waals surface area contributed by atoms with Crippen LogP contribution in [0, 0.1) is 0 Å². The minimum absolute atomic E-state index is 0.305. The lowest BCUT2D eigenvalue weighted by Crippen LogP contribution is -2.19. The molecule has 0 N–H and O–H groups in total. The zero-order valence-electron chi connectivity index (χ0n) is 8.80. The summed E-state index contributed by atoms with van der Waals surface area (Å²) in [5.74, 6) is -0.426. The zero-order valence-corrected chi connectivity index (χ0v) is 9.62. The van der Waals surface area contributed by atoms with Crippen molar-refractivity contribution in [1.82, 2.24) is 0 Å². The topological polar surface area (TPSA) is 43.4 Å². The highest BCUT2D eigenvalue weighted by Gasteiger charge is 2.25. The molecule has 0 heterocycles. The SMILES string of the molecule is CCOC(=O)[C@H](c1ccccc1)[S@](C)=O. The van der Waals surface area contributed by atoms with Gasteiger partial charge in [0.15, 0.2) is 5.25 Å². The van der Waals surface area contributed by atoms with E-state index in [2.05, 4.69) is 0 Å². The molecule has 15 heavy (non-hydrogen) atoms. The van der Waals surface area contributed by atoms with Gasteiger partial charge in [-0.2, -0.15) is 0 Å². The maximum absolute atomic E-state index is 11.6. The molecule has 1 aromatic rings. The lowest BCUT2D eigenvalue weighted by molar-refractivity contribution is -0.142. The van der Waals surface area contributed by atoms with Gasteiger partial charge in [0.1, 0.15) is 0 Å². The second kappa shape index (κ2) is 5.66. The van der Waals surface area contributed by atoms with Gasteiger partial charge in [0.25, 0.3) is 0 Å². The number of carbonyl (C=O) groups excluding carboxylic acids is 1. The van der Waals surface area contributed by atoms with E-state index in [1.807, 2.05) is 18.2 Å². The van der Waals surface area contributed by atoms with Gasteiger partial charge in [0.2, 0.25) is 0 Å². The van der Waals surface area contributed by atoms with Gasteiger partial charge in [-0.3, -0.25) is 9.00 Å². The van der Waals surface area contributed by atoms with E-state index in [4.69, 9.17) is 4.74 Å². The summed E-state index contributed by atoms with van der Waals surface area (Å²) in [4.78, 5) is 11.6. The largest absolute Gasteiger partial charge is 0.465 e. The molecule has 0 aromatic heterocycles. The quantitative estimate of drug-likeness (QED) is 0.733. The number of carbonyl (C=O) groups is 1. The third kappa shape index (κ3) is 3.16. The molecule has 0 amide bonds. The Labute approximate surface area is 91.9 Å². The van der Waals surface area contributed by atoms with E-state index >= 15 is 0 Å². The van der Waals surface area contributed by atoms with Gasteiger partial charge in [-0.1, -0.05) is 30.3 Å². The molecule has 82 valence electrons. The van der Waals surface area contributed by atoms with E-state index in [0.717, 1.165) is 5.56 Å². The Balaban J connectivity index is 2.94. The van der Waals surface area contributed by atoms with Crippen molar-refractivity contribution < 1.29 is 13.7 Å². The number of rotatable bonds is 4. The lowest BCUT2D eigenvalue weighted by Gasteiger charge is -2.12. The molecule has 1 rings (SSSR count). The molecule has 0 unspecified atom stereocenters. The van der Waals surface area contributed by atoms with Crippen LogP contribution < -0.4 is 0 Å². The molecular weight excluding hydrogens is 212 g/mol. The number of hydrogen-bond donors (Lipinski definition) is 0. The zero-order chi connectivity index (χ0) is 11.3. The van der Waals surface area contributed by atoms with Gasteiger partial charge in [0, 0.05) is 17.1 Å². The molecule has 0 aliphatic heterocycles. The van der Waals surface area contributed by atoms with Crippen LogP contribution in [0.1, 0.15) is 17.7 Å². The first-order valence-electron chi connectivity index (χ1n) is 4.70. The van der Waals surface area contributed by atoms with Gasteiger partial charge in [-0.05, 0) is 12.5 Å². The van der Waals surface area contributed by atoms with E-state index in [0.29, 0.717) is 6.61 Å². The van der Waals surface area contributed by atoms with Gasteiger partial charge in [-0.25, -0.2) is 0 Å². The average Bonchev–Trinajstić information content (AvgIpc) is 2.19. The number of esters is 1. The average molecular weight is 226 g/mol. The molecule has 0 radical (unpaired) electrons. The van der Waals surface area contributed by atoms with Crippen LogP contribution in [0.2, 0.25) is 0 Å². The van der Waals surface area contributed by atoms with Crippen LogP contribution in [-0.2, 0) is 20.3 Å². The standard InChI is InChI=1S/C11H14O3S/c1-3-14-11(12)10(15(2)13)9-7-5-4-6-8-9/h4-8,10H,3H2,1-2H3/t10-,15-/m0/s1. The van der Waals surface area contributed by atoms with Crippen molar-refractivity contribution >= 4 is 16.8 Å². The Morgan fingerprint density at radius 2 is 2.00 bits per heavy atom. The van der Waals surface area contributed by atoms with Crippen molar-refractivity contribution in [2.45, 2.75) is 12.2 Å². The molecule has 0 aliphatic rings. The predicted molar refractivity (Wildman–Crippen MR) is 59.9 cm³/mol. The second-order valence-electron chi connectivity index (χ2n) is 3.04. The predicted octanol–water partition coefficient (Wildman–Crippen LogP) is 1.67. The van der Waals surface area contributed by atoms with Gasteiger partial charge in [-0.15, -0.1) is 0 Å². The Morgan fingerprint density at radius 1 is 1.40 bits per heavy atom.